The SMILES string of the molecule is COC(=O)CC(C)OC(=O)CC(C)O.COC(=O)CC(C)OC(=O)CC(C)OC(=O)CC(C)O.COC(=O)CC(C)OC(=O)CC(C)OC(=O)CC(C)OC(=O)CC(C)O. The van der Waals surface area contributed by atoms with E-state index in [-0.39, 0.29) is 57.8 Å². The predicted molar refractivity (Wildman–Crippen MR) is 206 cm³/mol. The molecule has 9 unspecified atom stereocenters. The Bertz CT molecular complexity index is 1330. The highest BCUT2D eigenvalue weighted by atomic mass is 16.6. The van der Waals surface area contributed by atoms with E-state index in [0.717, 1.165) is 0 Å². The molecule has 0 rings (SSSR count). The number of ether oxygens (including phenoxy) is 9. The molecule has 0 aromatic carbocycles. The topological polar surface area (TPSA) is 297 Å². The quantitative estimate of drug-likeness (QED) is 0.0919. The van der Waals surface area contributed by atoms with Crippen molar-refractivity contribution in [3.63, 3.8) is 0 Å². The molecule has 0 bridgehead atoms. The number of hydrogen-bond acceptors (Lipinski definition) is 21. The van der Waals surface area contributed by atoms with Crippen molar-refractivity contribution in [2.75, 3.05) is 21.3 Å². The van der Waals surface area contributed by atoms with Gasteiger partial charge in [0.2, 0.25) is 0 Å². The molecule has 0 aliphatic rings. The Labute approximate surface area is 350 Å². The number of carbonyl (C=O) groups excluding carboxylic acids is 9. The molecule has 348 valence electrons. The summed E-state index contributed by atoms with van der Waals surface area (Å²) in [6, 6.07) is 0. The highest BCUT2D eigenvalue weighted by molar-refractivity contribution is 5.76. The van der Waals surface area contributed by atoms with Crippen LogP contribution >= 0.6 is 0 Å². The molecule has 0 aromatic heterocycles. The van der Waals surface area contributed by atoms with E-state index in [1.165, 1.54) is 55.9 Å². The Morgan fingerprint density at radius 3 is 0.550 bits per heavy atom. The van der Waals surface area contributed by atoms with Crippen LogP contribution in [0.5, 0.6) is 0 Å². The molecule has 0 fully saturated rings. The van der Waals surface area contributed by atoms with E-state index >= 15 is 0 Å². The van der Waals surface area contributed by atoms with Gasteiger partial charge in [-0.2, -0.15) is 0 Å². The lowest BCUT2D eigenvalue weighted by molar-refractivity contribution is -0.162. The maximum atomic E-state index is 11.8. The molecule has 0 aliphatic carbocycles. The van der Waals surface area contributed by atoms with Crippen molar-refractivity contribution < 1.29 is 101 Å². The minimum Gasteiger partial charge on any atom is -0.469 e. The Morgan fingerprint density at radius 2 is 0.417 bits per heavy atom. The summed E-state index contributed by atoms with van der Waals surface area (Å²) >= 11 is 0. The normalized spacial score (nSPS) is 14.8. The summed E-state index contributed by atoms with van der Waals surface area (Å²) in [5.41, 5.74) is 0. The number of aliphatic hydroxyl groups excluding tert-OH is 3. The van der Waals surface area contributed by atoms with Crippen LogP contribution in [0.4, 0.5) is 0 Å². The van der Waals surface area contributed by atoms with Gasteiger partial charge in [0.1, 0.15) is 36.6 Å². The van der Waals surface area contributed by atoms with Crippen LogP contribution in [0.2, 0.25) is 0 Å². The average Bonchev–Trinajstić information content (AvgIpc) is 3.06. The molecule has 60 heavy (non-hydrogen) atoms. The average molecular weight is 871 g/mol. The zero-order valence-corrected chi connectivity index (χ0v) is 36.8. The Hall–Kier alpha value is -4.89. The van der Waals surface area contributed by atoms with Gasteiger partial charge in [0, 0.05) is 0 Å². The van der Waals surface area contributed by atoms with Gasteiger partial charge in [-0.25, -0.2) is 0 Å². The number of hydrogen-bond donors (Lipinski definition) is 3. The molecule has 0 heterocycles. The number of carbonyl (C=O) groups is 9. The highest BCUT2D eigenvalue weighted by Crippen LogP contribution is 2.10. The van der Waals surface area contributed by atoms with Crippen molar-refractivity contribution >= 4 is 53.7 Å². The number of rotatable bonds is 24. The maximum Gasteiger partial charge on any atom is 0.309 e. The lowest BCUT2D eigenvalue weighted by Crippen LogP contribution is -2.26. The van der Waals surface area contributed by atoms with Crippen LogP contribution in [-0.4, -0.2) is 145 Å². The van der Waals surface area contributed by atoms with Crippen molar-refractivity contribution in [3.8, 4) is 0 Å². The molecule has 0 radical (unpaired) electrons. The number of esters is 9. The van der Waals surface area contributed by atoms with Crippen LogP contribution in [0.15, 0.2) is 0 Å². The van der Waals surface area contributed by atoms with Gasteiger partial charge < -0.3 is 58.0 Å². The standard InChI is InChI=1S/C17H28O9.C13H22O7.C9H16O5/c1-10(18)6-15(20)24-12(3)8-17(22)26-13(4)9-16(21)25-11(2)7-14(19)23-5;1-8(14)5-12(16)19-10(3)7-13(17)20-9(2)6-11(15)18-4;1-6(10)4-9(12)14-7(2)5-8(11)13-3/h10-13,18H,6-9H2,1-5H3;8-10,14H,5-7H2,1-4H3;6-7,10H,4-5H2,1-3H3. The van der Waals surface area contributed by atoms with Crippen LogP contribution in [0, 0.1) is 0 Å². The third-order valence-corrected chi connectivity index (χ3v) is 6.79. The first-order valence-electron chi connectivity index (χ1n) is 19.1. The smallest absolute Gasteiger partial charge is 0.309 e. The zero-order valence-electron chi connectivity index (χ0n) is 36.8. The third kappa shape index (κ3) is 38.6. The first kappa shape index (κ1) is 59.4. The molecule has 0 saturated carbocycles. The van der Waals surface area contributed by atoms with E-state index in [4.69, 9.17) is 43.7 Å². The molecule has 0 saturated heterocycles. The molecule has 3 N–H and O–H groups in total. The Balaban J connectivity index is -0.000000851. The fourth-order valence-electron chi connectivity index (χ4n) is 4.27. The van der Waals surface area contributed by atoms with E-state index in [0.29, 0.717) is 0 Å². The monoisotopic (exact) mass is 870 g/mol. The molecule has 9 atom stereocenters. The second-order valence-electron chi connectivity index (χ2n) is 13.9. The lowest BCUT2D eigenvalue weighted by atomic mass is 10.2. The fourth-order valence-corrected chi connectivity index (χ4v) is 4.27. The van der Waals surface area contributed by atoms with Crippen molar-refractivity contribution in [1.82, 2.24) is 0 Å². The number of aliphatic hydroxyl groups is 3. The van der Waals surface area contributed by atoms with Crippen LogP contribution in [0.1, 0.15) is 120 Å². The lowest BCUT2D eigenvalue weighted by Gasteiger charge is -2.17. The molecule has 0 amide bonds. The molecule has 0 spiro atoms. The summed E-state index contributed by atoms with van der Waals surface area (Å²) in [5, 5.41) is 27.0. The van der Waals surface area contributed by atoms with Gasteiger partial charge in [0.25, 0.3) is 0 Å². The van der Waals surface area contributed by atoms with Crippen molar-refractivity contribution in [2.24, 2.45) is 0 Å². The Morgan fingerprint density at radius 1 is 0.283 bits per heavy atom. The summed E-state index contributed by atoms with van der Waals surface area (Å²) in [4.78, 5) is 101. The van der Waals surface area contributed by atoms with E-state index in [9.17, 15) is 43.2 Å². The summed E-state index contributed by atoms with van der Waals surface area (Å²) in [7, 11) is 3.76. The number of methoxy groups -OCH3 is 3. The van der Waals surface area contributed by atoms with E-state index < -0.39 is 109 Å². The van der Waals surface area contributed by atoms with E-state index in [1.54, 1.807) is 27.7 Å². The Kier molecular flexibility index (Phi) is 33.6. The predicted octanol–water partition coefficient (Wildman–Crippen LogP) is 1.72. The minimum absolute atomic E-state index is 0.0293. The second-order valence-corrected chi connectivity index (χ2v) is 13.9. The minimum atomic E-state index is -0.825. The van der Waals surface area contributed by atoms with E-state index in [2.05, 4.69) is 14.2 Å². The van der Waals surface area contributed by atoms with Crippen molar-refractivity contribution in [2.45, 2.75) is 175 Å². The van der Waals surface area contributed by atoms with Gasteiger partial charge in [-0.15, -0.1) is 0 Å². The van der Waals surface area contributed by atoms with Crippen LogP contribution in [0.3, 0.4) is 0 Å². The molecular formula is C39H66O21. The van der Waals surface area contributed by atoms with Gasteiger partial charge in [0.05, 0.1) is 97.4 Å². The van der Waals surface area contributed by atoms with Crippen LogP contribution in [-0.2, 0) is 85.8 Å². The molecule has 21 nitrogen and oxygen atoms in total. The molecule has 0 aromatic rings. The van der Waals surface area contributed by atoms with Crippen LogP contribution in [0.25, 0.3) is 0 Å². The fraction of sp³-hybridized carbons (Fsp3) is 0.769. The third-order valence-electron chi connectivity index (χ3n) is 6.79. The largest absolute Gasteiger partial charge is 0.469 e. The first-order chi connectivity index (χ1) is 27.7. The summed E-state index contributed by atoms with van der Waals surface area (Å²) < 4.78 is 43.1. The first-order valence-corrected chi connectivity index (χ1v) is 19.1. The van der Waals surface area contributed by atoms with Gasteiger partial charge in [0.15, 0.2) is 0 Å². The summed E-state index contributed by atoms with van der Waals surface area (Å²) in [5.74, 6) is -4.93. The van der Waals surface area contributed by atoms with Crippen LogP contribution < -0.4 is 0 Å². The van der Waals surface area contributed by atoms with Gasteiger partial charge in [-0.3, -0.25) is 43.2 Å². The van der Waals surface area contributed by atoms with Gasteiger partial charge >= 0.3 is 53.7 Å². The van der Waals surface area contributed by atoms with Crippen molar-refractivity contribution in [3.05, 3.63) is 0 Å². The van der Waals surface area contributed by atoms with Gasteiger partial charge in [-0.1, -0.05) is 0 Å². The summed E-state index contributed by atoms with van der Waals surface area (Å²) in [6.07, 6.45) is -7.10. The highest BCUT2D eigenvalue weighted by Gasteiger charge is 2.22. The van der Waals surface area contributed by atoms with E-state index in [1.807, 2.05) is 0 Å². The van der Waals surface area contributed by atoms with Gasteiger partial charge in [-0.05, 0) is 62.3 Å². The molecular weight excluding hydrogens is 804 g/mol. The zero-order chi connectivity index (χ0) is 47.1. The molecule has 21 heteroatoms. The maximum absolute atomic E-state index is 11.8. The van der Waals surface area contributed by atoms with Crippen molar-refractivity contribution in [1.29, 1.82) is 0 Å². The molecule has 0 aliphatic heterocycles. The second kappa shape index (κ2) is 33.9. The summed E-state index contributed by atoms with van der Waals surface area (Å²) in [6.45, 7) is 13.7.